The van der Waals surface area contributed by atoms with Crippen LogP contribution in [0.3, 0.4) is 0 Å². The number of nitrogens with zero attached hydrogens (tertiary/aromatic N) is 2. The van der Waals surface area contributed by atoms with Crippen molar-refractivity contribution in [2.45, 2.75) is 18.9 Å². The molecule has 1 N–H and O–H groups in total. The number of nitrogens with one attached hydrogen (secondary N) is 1. The number of hydrogen-bond acceptors (Lipinski definition) is 5. The standard InChI is InChI=1S/C19H27N3O4/c1-25-17-4-2-3-15(11-17)12-18(23)21-6-8-22(9-7-21)19(24)13-16-14-26-10-5-20-16/h2-4,11,16,20H,5-10,12-14H2,1H3. The predicted molar refractivity (Wildman–Crippen MR) is 97.1 cm³/mol. The Morgan fingerprint density at radius 1 is 1.19 bits per heavy atom. The van der Waals surface area contributed by atoms with Crippen LogP contribution in [-0.2, 0) is 20.7 Å². The Hall–Kier alpha value is -2.12. The lowest BCUT2D eigenvalue weighted by molar-refractivity contribution is -0.139. The molecule has 0 saturated carbocycles. The van der Waals surface area contributed by atoms with Gasteiger partial charge in [0.05, 0.1) is 26.7 Å². The highest BCUT2D eigenvalue weighted by atomic mass is 16.5. The Bertz CT molecular complexity index is 623. The normalized spacial score (nSPS) is 20.7. The lowest BCUT2D eigenvalue weighted by atomic mass is 10.1. The van der Waals surface area contributed by atoms with Gasteiger partial charge in [0, 0.05) is 45.2 Å². The maximum absolute atomic E-state index is 12.5. The molecule has 142 valence electrons. The van der Waals surface area contributed by atoms with Crippen LogP contribution in [0.1, 0.15) is 12.0 Å². The number of methoxy groups -OCH3 is 1. The van der Waals surface area contributed by atoms with Gasteiger partial charge in [-0.05, 0) is 17.7 Å². The third-order valence-electron chi connectivity index (χ3n) is 4.89. The van der Waals surface area contributed by atoms with Gasteiger partial charge in [-0.15, -0.1) is 0 Å². The first-order valence-corrected chi connectivity index (χ1v) is 9.15. The molecule has 26 heavy (non-hydrogen) atoms. The van der Waals surface area contributed by atoms with Crippen LogP contribution in [0.4, 0.5) is 0 Å². The topological polar surface area (TPSA) is 71.1 Å². The summed E-state index contributed by atoms with van der Waals surface area (Å²) in [6.07, 6.45) is 0.812. The molecule has 7 nitrogen and oxygen atoms in total. The largest absolute Gasteiger partial charge is 0.497 e. The molecule has 2 heterocycles. The third-order valence-corrected chi connectivity index (χ3v) is 4.89. The Morgan fingerprint density at radius 2 is 1.92 bits per heavy atom. The Labute approximate surface area is 154 Å². The van der Waals surface area contributed by atoms with Crippen LogP contribution < -0.4 is 10.1 Å². The molecule has 2 aliphatic rings. The van der Waals surface area contributed by atoms with Gasteiger partial charge in [0.15, 0.2) is 0 Å². The quantitative estimate of drug-likeness (QED) is 0.816. The van der Waals surface area contributed by atoms with Crippen molar-refractivity contribution in [2.75, 3.05) is 53.0 Å². The van der Waals surface area contributed by atoms with Crippen LogP contribution >= 0.6 is 0 Å². The Kier molecular flexibility index (Phi) is 6.46. The van der Waals surface area contributed by atoms with E-state index in [9.17, 15) is 9.59 Å². The molecule has 0 bridgehead atoms. The van der Waals surface area contributed by atoms with E-state index >= 15 is 0 Å². The predicted octanol–water partition coefficient (Wildman–Crippen LogP) is 0.287. The van der Waals surface area contributed by atoms with E-state index < -0.39 is 0 Å². The number of morpholine rings is 1. The lowest BCUT2D eigenvalue weighted by Gasteiger charge is -2.36. The van der Waals surface area contributed by atoms with Crippen molar-refractivity contribution in [3.8, 4) is 5.75 Å². The van der Waals surface area contributed by atoms with Gasteiger partial charge in [0.25, 0.3) is 0 Å². The number of amides is 2. The number of rotatable bonds is 5. The van der Waals surface area contributed by atoms with Crippen molar-refractivity contribution < 1.29 is 19.1 Å². The first kappa shape index (κ1) is 18.7. The summed E-state index contributed by atoms with van der Waals surface area (Å²) < 4.78 is 10.6. The Morgan fingerprint density at radius 3 is 2.58 bits per heavy atom. The second-order valence-corrected chi connectivity index (χ2v) is 6.72. The molecule has 2 aliphatic heterocycles. The minimum absolute atomic E-state index is 0.0905. The average Bonchev–Trinajstić information content (AvgIpc) is 2.69. The average molecular weight is 361 g/mol. The molecule has 1 aromatic rings. The van der Waals surface area contributed by atoms with Gasteiger partial charge < -0.3 is 24.6 Å². The van der Waals surface area contributed by atoms with Crippen LogP contribution in [-0.4, -0.2) is 80.7 Å². The van der Waals surface area contributed by atoms with E-state index in [-0.39, 0.29) is 17.9 Å². The molecule has 2 amide bonds. The van der Waals surface area contributed by atoms with E-state index in [2.05, 4.69) is 5.32 Å². The lowest BCUT2D eigenvalue weighted by Crippen LogP contribution is -2.52. The monoisotopic (exact) mass is 361 g/mol. The van der Waals surface area contributed by atoms with Crippen molar-refractivity contribution in [3.63, 3.8) is 0 Å². The molecule has 1 unspecified atom stereocenters. The zero-order chi connectivity index (χ0) is 18.4. The fraction of sp³-hybridized carbons (Fsp3) is 0.579. The highest BCUT2D eigenvalue weighted by Crippen LogP contribution is 2.15. The molecular formula is C19H27N3O4. The van der Waals surface area contributed by atoms with Gasteiger partial charge in [-0.3, -0.25) is 9.59 Å². The second kappa shape index (κ2) is 9.00. The number of carbonyl (C=O) groups excluding carboxylic acids is 2. The molecule has 0 spiro atoms. The summed E-state index contributed by atoms with van der Waals surface area (Å²) in [5.74, 6) is 0.978. The van der Waals surface area contributed by atoms with Crippen molar-refractivity contribution in [2.24, 2.45) is 0 Å². The van der Waals surface area contributed by atoms with E-state index in [0.29, 0.717) is 52.2 Å². The highest BCUT2D eigenvalue weighted by Gasteiger charge is 2.26. The summed E-state index contributed by atoms with van der Waals surface area (Å²) in [6, 6.07) is 7.67. The van der Waals surface area contributed by atoms with E-state index in [1.54, 1.807) is 7.11 Å². The molecule has 3 rings (SSSR count). The SMILES string of the molecule is COc1cccc(CC(=O)N2CCN(C(=O)CC3COCCN3)CC2)c1. The first-order valence-electron chi connectivity index (χ1n) is 9.15. The number of carbonyl (C=O) groups is 2. The number of ether oxygens (including phenoxy) is 2. The summed E-state index contributed by atoms with van der Waals surface area (Å²) in [6.45, 7) is 4.45. The molecule has 0 aromatic heterocycles. The number of piperazine rings is 1. The van der Waals surface area contributed by atoms with Gasteiger partial charge in [0.1, 0.15) is 5.75 Å². The maximum Gasteiger partial charge on any atom is 0.227 e. The first-order chi connectivity index (χ1) is 12.7. The van der Waals surface area contributed by atoms with Crippen LogP contribution in [0.2, 0.25) is 0 Å². The molecule has 0 radical (unpaired) electrons. The van der Waals surface area contributed by atoms with Gasteiger partial charge in [-0.25, -0.2) is 0 Å². The highest BCUT2D eigenvalue weighted by molar-refractivity contribution is 5.80. The van der Waals surface area contributed by atoms with E-state index in [1.165, 1.54) is 0 Å². The second-order valence-electron chi connectivity index (χ2n) is 6.72. The molecule has 2 fully saturated rings. The number of benzene rings is 1. The summed E-state index contributed by atoms with van der Waals surface area (Å²) in [4.78, 5) is 28.6. The zero-order valence-corrected chi connectivity index (χ0v) is 15.3. The van der Waals surface area contributed by atoms with Gasteiger partial charge >= 0.3 is 0 Å². The molecule has 7 heteroatoms. The van der Waals surface area contributed by atoms with Crippen LogP contribution in [0, 0.1) is 0 Å². The minimum Gasteiger partial charge on any atom is -0.497 e. The van der Waals surface area contributed by atoms with Gasteiger partial charge in [0.2, 0.25) is 11.8 Å². The van der Waals surface area contributed by atoms with Gasteiger partial charge in [-0.1, -0.05) is 12.1 Å². The molecule has 1 atom stereocenters. The zero-order valence-electron chi connectivity index (χ0n) is 15.3. The van der Waals surface area contributed by atoms with Crippen molar-refractivity contribution in [1.29, 1.82) is 0 Å². The smallest absolute Gasteiger partial charge is 0.227 e. The number of hydrogen-bond donors (Lipinski definition) is 1. The van der Waals surface area contributed by atoms with Crippen molar-refractivity contribution >= 4 is 11.8 Å². The molecule has 0 aliphatic carbocycles. The maximum atomic E-state index is 12.5. The van der Waals surface area contributed by atoms with Crippen molar-refractivity contribution in [1.82, 2.24) is 15.1 Å². The summed E-state index contributed by atoms with van der Waals surface area (Å²) in [5, 5.41) is 3.31. The summed E-state index contributed by atoms with van der Waals surface area (Å²) in [5.41, 5.74) is 0.941. The molecular weight excluding hydrogens is 334 g/mol. The summed E-state index contributed by atoms with van der Waals surface area (Å²) in [7, 11) is 1.62. The van der Waals surface area contributed by atoms with Crippen LogP contribution in [0.5, 0.6) is 5.75 Å². The fourth-order valence-electron chi connectivity index (χ4n) is 3.36. The fourth-order valence-corrected chi connectivity index (χ4v) is 3.36. The van der Waals surface area contributed by atoms with Gasteiger partial charge in [-0.2, -0.15) is 0 Å². The van der Waals surface area contributed by atoms with E-state index in [4.69, 9.17) is 9.47 Å². The molecule has 2 saturated heterocycles. The summed E-state index contributed by atoms with van der Waals surface area (Å²) >= 11 is 0. The van der Waals surface area contributed by atoms with Crippen molar-refractivity contribution in [3.05, 3.63) is 29.8 Å². The van der Waals surface area contributed by atoms with Crippen LogP contribution in [0.25, 0.3) is 0 Å². The third kappa shape index (κ3) is 4.95. The van der Waals surface area contributed by atoms with Crippen LogP contribution in [0.15, 0.2) is 24.3 Å². The molecule has 1 aromatic carbocycles. The van der Waals surface area contributed by atoms with E-state index in [1.807, 2.05) is 34.1 Å². The Balaban J connectivity index is 1.45. The minimum atomic E-state index is 0.0905. The van der Waals surface area contributed by atoms with E-state index in [0.717, 1.165) is 17.9 Å².